The minimum absolute atomic E-state index is 0.146. The Kier molecular flexibility index (Phi) is 4.13. The number of pyridine rings is 1. The number of nitrogens with zero attached hydrogens (tertiary/aromatic N) is 2. The van der Waals surface area contributed by atoms with Crippen molar-refractivity contribution in [3.63, 3.8) is 0 Å². The normalized spacial score (nSPS) is 10.0. The summed E-state index contributed by atoms with van der Waals surface area (Å²) in [6.07, 6.45) is 13.9. The Labute approximate surface area is 133 Å². The SMILES string of the molecule is C#CCOc1ccc(-c2nc3ccncc3[nH]2)c(OCC#C)c1. The van der Waals surface area contributed by atoms with Crippen molar-refractivity contribution in [3.8, 4) is 47.6 Å². The molecule has 0 spiro atoms. The molecule has 112 valence electrons. The lowest BCUT2D eigenvalue weighted by Crippen LogP contribution is -1.99. The molecule has 3 rings (SSSR count). The summed E-state index contributed by atoms with van der Waals surface area (Å²) in [5.74, 6) is 6.72. The minimum atomic E-state index is 0.146. The van der Waals surface area contributed by atoms with E-state index in [2.05, 4.69) is 26.8 Å². The molecule has 0 radical (unpaired) electrons. The predicted octanol–water partition coefficient (Wildman–Crippen LogP) is 2.65. The largest absolute Gasteiger partial charge is 0.481 e. The van der Waals surface area contributed by atoms with E-state index in [0.29, 0.717) is 17.3 Å². The third-order valence-electron chi connectivity index (χ3n) is 3.12. The second-order valence-corrected chi connectivity index (χ2v) is 4.62. The maximum absolute atomic E-state index is 5.61. The molecule has 0 aliphatic heterocycles. The van der Waals surface area contributed by atoms with E-state index in [1.807, 2.05) is 12.1 Å². The molecule has 0 unspecified atom stereocenters. The van der Waals surface area contributed by atoms with Crippen LogP contribution < -0.4 is 9.47 Å². The number of ether oxygens (including phenoxy) is 2. The van der Waals surface area contributed by atoms with Crippen molar-refractivity contribution in [2.24, 2.45) is 0 Å². The van der Waals surface area contributed by atoms with Gasteiger partial charge in [-0.1, -0.05) is 11.8 Å². The van der Waals surface area contributed by atoms with Gasteiger partial charge in [0.25, 0.3) is 0 Å². The number of hydrogen-bond donors (Lipinski definition) is 1. The fraction of sp³-hybridized carbons (Fsp3) is 0.111. The van der Waals surface area contributed by atoms with Crippen LogP contribution in [-0.2, 0) is 0 Å². The van der Waals surface area contributed by atoms with E-state index in [4.69, 9.17) is 22.3 Å². The van der Waals surface area contributed by atoms with E-state index < -0.39 is 0 Å². The van der Waals surface area contributed by atoms with E-state index in [-0.39, 0.29) is 13.2 Å². The molecule has 2 aromatic heterocycles. The minimum Gasteiger partial charge on any atom is -0.481 e. The van der Waals surface area contributed by atoms with Gasteiger partial charge in [-0.3, -0.25) is 4.98 Å². The molecule has 1 N–H and O–H groups in total. The topological polar surface area (TPSA) is 60.0 Å². The van der Waals surface area contributed by atoms with Crippen LogP contribution in [0, 0.1) is 24.7 Å². The van der Waals surface area contributed by atoms with Crippen LogP contribution in [0.3, 0.4) is 0 Å². The fourth-order valence-corrected chi connectivity index (χ4v) is 2.14. The number of hydrogen-bond acceptors (Lipinski definition) is 4. The Balaban J connectivity index is 2.02. The van der Waals surface area contributed by atoms with Crippen molar-refractivity contribution in [2.75, 3.05) is 13.2 Å². The molecule has 0 fully saturated rings. The molecule has 5 heteroatoms. The summed E-state index contributed by atoms with van der Waals surface area (Å²) in [6.45, 7) is 0.331. The number of rotatable bonds is 5. The molecule has 23 heavy (non-hydrogen) atoms. The van der Waals surface area contributed by atoms with Crippen molar-refractivity contribution in [2.45, 2.75) is 0 Å². The van der Waals surface area contributed by atoms with Crippen molar-refractivity contribution in [1.29, 1.82) is 0 Å². The summed E-state index contributed by atoms with van der Waals surface area (Å²) in [5.41, 5.74) is 2.45. The quantitative estimate of drug-likeness (QED) is 0.736. The summed E-state index contributed by atoms with van der Waals surface area (Å²) in [4.78, 5) is 11.8. The average molecular weight is 303 g/mol. The monoisotopic (exact) mass is 303 g/mol. The maximum Gasteiger partial charge on any atom is 0.148 e. The smallest absolute Gasteiger partial charge is 0.148 e. The lowest BCUT2D eigenvalue weighted by Gasteiger charge is -2.10. The van der Waals surface area contributed by atoms with Gasteiger partial charge < -0.3 is 14.5 Å². The Hall–Kier alpha value is -3.44. The summed E-state index contributed by atoms with van der Waals surface area (Å²) in [7, 11) is 0. The second-order valence-electron chi connectivity index (χ2n) is 4.62. The molecule has 0 aliphatic carbocycles. The molecule has 0 bridgehead atoms. The summed E-state index contributed by atoms with van der Waals surface area (Å²) >= 11 is 0. The zero-order valence-electron chi connectivity index (χ0n) is 12.2. The standard InChI is InChI=1S/C18H13N3O2/c1-3-9-22-13-5-6-14(17(11-13)23-10-4-2)18-20-15-7-8-19-12-16(15)21-18/h1-2,5-8,11-12H,9-10H2,(H,20,21). The van der Waals surface area contributed by atoms with Crippen LogP contribution in [-0.4, -0.2) is 28.2 Å². The number of fused-ring (bicyclic) bond motifs is 1. The van der Waals surface area contributed by atoms with Gasteiger partial charge in [0.2, 0.25) is 0 Å². The molecule has 0 aliphatic rings. The van der Waals surface area contributed by atoms with Gasteiger partial charge in [-0.2, -0.15) is 0 Å². The van der Waals surface area contributed by atoms with Gasteiger partial charge in [-0.15, -0.1) is 12.8 Å². The molecule has 3 aromatic rings. The molecule has 0 saturated heterocycles. The molecule has 1 aromatic carbocycles. The highest BCUT2D eigenvalue weighted by Crippen LogP contribution is 2.33. The van der Waals surface area contributed by atoms with Gasteiger partial charge in [0.15, 0.2) is 0 Å². The summed E-state index contributed by atoms with van der Waals surface area (Å²) in [6, 6.07) is 7.24. The first-order valence-corrected chi connectivity index (χ1v) is 6.88. The van der Waals surface area contributed by atoms with Crippen LogP contribution in [0.5, 0.6) is 11.5 Å². The highest BCUT2D eigenvalue weighted by molar-refractivity contribution is 5.80. The average Bonchev–Trinajstić information content (AvgIpc) is 3.02. The van der Waals surface area contributed by atoms with Crippen LogP contribution in [0.2, 0.25) is 0 Å². The lowest BCUT2D eigenvalue weighted by atomic mass is 10.2. The zero-order chi connectivity index (χ0) is 16.1. The van der Waals surface area contributed by atoms with Crippen LogP contribution in [0.25, 0.3) is 22.4 Å². The van der Waals surface area contributed by atoms with Crippen LogP contribution in [0.15, 0.2) is 36.7 Å². The van der Waals surface area contributed by atoms with Crippen molar-refractivity contribution >= 4 is 11.0 Å². The Morgan fingerprint density at radius 3 is 2.70 bits per heavy atom. The predicted molar refractivity (Wildman–Crippen MR) is 88.0 cm³/mol. The third-order valence-corrected chi connectivity index (χ3v) is 3.12. The van der Waals surface area contributed by atoms with Gasteiger partial charge in [0.1, 0.15) is 30.5 Å². The van der Waals surface area contributed by atoms with E-state index in [1.54, 1.807) is 24.5 Å². The Morgan fingerprint density at radius 2 is 1.91 bits per heavy atom. The fourth-order valence-electron chi connectivity index (χ4n) is 2.14. The van der Waals surface area contributed by atoms with Crippen molar-refractivity contribution in [3.05, 3.63) is 36.7 Å². The van der Waals surface area contributed by atoms with Crippen LogP contribution in [0.4, 0.5) is 0 Å². The maximum atomic E-state index is 5.61. The molecule has 2 heterocycles. The van der Waals surface area contributed by atoms with Crippen LogP contribution >= 0.6 is 0 Å². The summed E-state index contributed by atoms with van der Waals surface area (Å²) < 4.78 is 11.0. The van der Waals surface area contributed by atoms with E-state index >= 15 is 0 Å². The second kappa shape index (κ2) is 6.55. The number of imidazole rings is 1. The molecular weight excluding hydrogens is 290 g/mol. The summed E-state index contributed by atoms with van der Waals surface area (Å²) in [5, 5.41) is 0. The third kappa shape index (κ3) is 3.09. The number of aromatic nitrogens is 3. The highest BCUT2D eigenvalue weighted by Gasteiger charge is 2.12. The molecule has 0 atom stereocenters. The Bertz CT molecular complexity index is 883. The number of aromatic amines is 1. The van der Waals surface area contributed by atoms with Gasteiger partial charge in [-0.05, 0) is 18.2 Å². The van der Waals surface area contributed by atoms with Gasteiger partial charge >= 0.3 is 0 Å². The molecule has 5 nitrogen and oxygen atoms in total. The van der Waals surface area contributed by atoms with Crippen LogP contribution in [0.1, 0.15) is 0 Å². The van der Waals surface area contributed by atoms with E-state index in [1.165, 1.54) is 0 Å². The number of nitrogens with one attached hydrogen (secondary N) is 1. The lowest BCUT2D eigenvalue weighted by molar-refractivity contribution is 0.352. The van der Waals surface area contributed by atoms with Gasteiger partial charge in [0.05, 0.1) is 22.8 Å². The Morgan fingerprint density at radius 1 is 1.09 bits per heavy atom. The highest BCUT2D eigenvalue weighted by atomic mass is 16.5. The molecular formula is C18H13N3O2. The van der Waals surface area contributed by atoms with E-state index in [9.17, 15) is 0 Å². The molecule has 0 saturated carbocycles. The van der Waals surface area contributed by atoms with Crippen molar-refractivity contribution in [1.82, 2.24) is 15.0 Å². The number of benzene rings is 1. The van der Waals surface area contributed by atoms with E-state index in [0.717, 1.165) is 16.6 Å². The first-order chi connectivity index (χ1) is 11.3. The van der Waals surface area contributed by atoms with Gasteiger partial charge in [-0.25, -0.2) is 4.98 Å². The van der Waals surface area contributed by atoms with Gasteiger partial charge in [0, 0.05) is 12.3 Å². The first-order valence-electron chi connectivity index (χ1n) is 6.88. The zero-order valence-corrected chi connectivity index (χ0v) is 12.2. The first kappa shape index (κ1) is 14.5. The number of H-pyrrole nitrogens is 1. The molecule has 0 amide bonds. The van der Waals surface area contributed by atoms with Crippen molar-refractivity contribution < 1.29 is 9.47 Å². The number of terminal acetylenes is 2.